The minimum Gasteiger partial charge on any atom is -0.493 e. The highest BCUT2D eigenvalue weighted by molar-refractivity contribution is 5.98. The average molecular weight is 329 g/mol. The molecular formula is C19H23NO4. The first-order valence-electron chi connectivity index (χ1n) is 7.90. The number of Topliss-reactive ketones (excluding diaryl/α,β-unsaturated/α-hetero) is 2. The van der Waals surface area contributed by atoms with E-state index in [9.17, 15) is 9.59 Å². The second-order valence-corrected chi connectivity index (χ2v) is 5.66. The van der Waals surface area contributed by atoms with E-state index in [1.807, 2.05) is 26.8 Å². The van der Waals surface area contributed by atoms with E-state index < -0.39 is 0 Å². The number of hydrogen-bond acceptors (Lipinski definition) is 4. The van der Waals surface area contributed by atoms with E-state index in [1.54, 1.807) is 18.2 Å². The first kappa shape index (κ1) is 17.8. The number of ketones is 2. The molecule has 0 saturated carbocycles. The highest BCUT2D eigenvalue weighted by Crippen LogP contribution is 2.28. The van der Waals surface area contributed by atoms with E-state index in [-0.39, 0.29) is 18.2 Å². The molecule has 0 aliphatic carbocycles. The monoisotopic (exact) mass is 329 g/mol. The third-order valence-corrected chi connectivity index (χ3v) is 4.12. The smallest absolute Gasteiger partial charge is 0.202 e. The largest absolute Gasteiger partial charge is 0.493 e. The van der Waals surface area contributed by atoms with Gasteiger partial charge >= 0.3 is 0 Å². The molecule has 0 amide bonds. The molecule has 2 rings (SSSR count). The predicted octanol–water partition coefficient (Wildman–Crippen LogP) is 3.60. The maximum atomic E-state index is 12.5. The zero-order chi connectivity index (χ0) is 17.9. The van der Waals surface area contributed by atoms with Gasteiger partial charge in [0.25, 0.3) is 0 Å². The van der Waals surface area contributed by atoms with Crippen molar-refractivity contribution in [3.05, 3.63) is 46.8 Å². The second kappa shape index (κ2) is 7.34. The molecule has 0 spiro atoms. The van der Waals surface area contributed by atoms with Gasteiger partial charge in [-0.1, -0.05) is 0 Å². The van der Waals surface area contributed by atoms with Crippen LogP contribution in [0.15, 0.2) is 24.3 Å². The van der Waals surface area contributed by atoms with Crippen LogP contribution in [-0.2, 0) is 6.54 Å². The molecule has 5 nitrogen and oxygen atoms in total. The number of carbonyl (C=O) groups excluding carboxylic acids is 2. The number of ether oxygens (including phenoxy) is 2. The van der Waals surface area contributed by atoms with Gasteiger partial charge in [-0.25, -0.2) is 0 Å². The fourth-order valence-corrected chi connectivity index (χ4v) is 2.80. The number of aromatic nitrogens is 1. The fraction of sp³-hybridized carbons (Fsp3) is 0.368. The molecule has 1 heterocycles. The SMILES string of the molecule is CCn1c(C)cc(C(=O)COc2ccc(C(C)=O)cc2OC)c1C. The molecule has 1 aromatic carbocycles. The van der Waals surface area contributed by atoms with Crippen molar-refractivity contribution in [2.45, 2.75) is 34.2 Å². The van der Waals surface area contributed by atoms with Gasteiger partial charge in [-0.05, 0) is 52.0 Å². The minimum atomic E-state index is -0.0829. The van der Waals surface area contributed by atoms with Crippen molar-refractivity contribution < 1.29 is 19.1 Å². The van der Waals surface area contributed by atoms with Gasteiger partial charge in [-0.15, -0.1) is 0 Å². The Balaban J connectivity index is 2.16. The van der Waals surface area contributed by atoms with E-state index in [4.69, 9.17) is 9.47 Å². The van der Waals surface area contributed by atoms with Gasteiger partial charge in [-0.3, -0.25) is 9.59 Å². The van der Waals surface area contributed by atoms with E-state index in [1.165, 1.54) is 14.0 Å². The summed E-state index contributed by atoms with van der Waals surface area (Å²) in [6.45, 7) is 8.20. The summed E-state index contributed by atoms with van der Waals surface area (Å²) < 4.78 is 13.0. The lowest BCUT2D eigenvalue weighted by Gasteiger charge is -2.11. The molecule has 1 aromatic heterocycles. The molecule has 5 heteroatoms. The third-order valence-electron chi connectivity index (χ3n) is 4.12. The summed E-state index contributed by atoms with van der Waals surface area (Å²) in [5.41, 5.74) is 3.22. The molecule has 0 radical (unpaired) electrons. The van der Waals surface area contributed by atoms with Crippen molar-refractivity contribution in [3.63, 3.8) is 0 Å². The lowest BCUT2D eigenvalue weighted by atomic mass is 10.1. The molecule has 0 saturated heterocycles. The van der Waals surface area contributed by atoms with E-state index in [0.717, 1.165) is 17.9 Å². The molecule has 0 aliphatic rings. The Morgan fingerprint density at radius 1 is 1.12 bits per heavy atom. The number of rotatable bonds is 7. The van der Waals surface area contributed by atoms with E-state index >= 15 is 0 Å². The van der Waals surface area contributed by atoms with Gasteiger partial charge in [-0.2, -0.15) is 0 Å². The van der Waals surface area contributed by atoms with E-state index in [0.29, 0.717) is 22.6 Å². The van der Waals surface area contributed by atoms with Crippen LogP contribution in [0.5, 0.6) is 11.5 Å². The molecule has 0 unspecified atom stereocenters. The first-order valence-corrected chi connectivity index (χ1v) is 7.90. The molecule has 0 N–H and O–H groups in total. The topological polar surface area (TPSA) is 57.5 Å². The Labute approximate surface area is 142 Å². The Morgan fingerprint density at radius 2 is 1.83 bits per heavy atom. The number of benzene rings is 1. The van der Waals surface area contributed by atoms with Gasteiger partial charge in [0.05, 0.1) is 7.11 Å². The van der Waals surface area contributed by atoms with Gasteiger partial charge in [0, 0.05) is 29.1 Å². The summed E-state index contributed by atoms with van der Waals surface area (Å²) in [5, 5.41) is 0. The summed E-state index contributed by atoms with van der Waals surface area (Å²) in [4.78, 5) is 23.9. The quantitative estimate of drug-likeness (QED) is 0.728. The molecule has 0 atom stereocenters. The second-order valence-electron chi connectivity index (χ2n) is 5.66. The summed E-state index contributed by atoms with van der Waals surface area (Å²) in [5.74, 6) is 0.748. The number of hydrogen-bond donors (Lipinski definition) is 0. The highest BCUT2D eigenvalue weighted by Gasteiger charge is 2.16. The summed E-state index contributed by atoms with van der Waals surface area (Å²) in [6.07, 6.45) is 0. The van der Waals surface area contributed by atoms with Crippen LogP contribution < -0.4 is 9.47 Å². The standard InChI is InChI=1S/C19H23NO4/c1-6-20-12(2)9-16(13(20)3)17(22)11-24-18-8-7-15(14(4)21)10-19(18)23-5/h7-10H,6,11H2,1-5H3. The molecule has 24 heavy (non-hydrogen) atoms. The van der Waals surface area contributed by atoms with Crippen LogP contribution in [-0.4, -0.2) is 29.9 Å². The summed E-state index contributed by atoms with van der Waals surface area (Å²) in [7, 11) is 1.50. The van der Waals surface area contributed by atoms with Gasteiger partial charge < -0.3 is 14.0 Å². The van der Waals surface area contributed by atoms with Crippen molar-refractivity contribution >= 4 is 11.6 Å². The lowest BCUT2D eigenvalue weighted by Crippen LogP contribution is -2.13. The van der Waals surface area contributed by atoms with Crippen molar-refractivity contribution in [2.24, 2.45) is 0 Å². The van der Waals surface area contributed by atoms with Gasteiger partial charge in [0.15, 0.2) is 23.9 Å². The maximum absolute atomic E-state index is 12.5. The summed E-state index contributed by atoms with van der Waals surface area (Å²) in [6, 6.07) is 6.82. The van der Waals surface area contributed by atoms with Crippen molar-refractivity contribution in [1.82, 2.24) is 4.57 Å². The number of aryl methyl sites for hydroxylation is 1. The van der Waals surface area contributed by atoms with Crippen LogP contribution in [0.2, 0.25) is 0 Å². The van der Waals surface area contributed by atoms with Crippen LogP contribution >= 0.6 is 0 Å². The van der Waals surface area contributed by atoms with Crippen LogP contribution in [0.4, 0.5) is 0 Å². The number of nitrogens with zero attached hydrogens (tertiary/aromatic N) is 1. The zero-order valence-electron chi connectivity index (χ0n) is 14.8. The Hall–Kier alpha value is -2.56. The number of methoxy groups -OCH3 is 1. The molecule has 0 bridgehead atoms. The fourth-order valence-electron chi connectivity index (χ4n) is 2.80. The minimum absolute atomic E-state index is 0.0528. The van der Waals surface area contributed by atoms with Crippen LogP contribution in [0.25, 0.3) is 0 Å². The van der Waals surface area contributed by atoms with Crippen LogP contribution in [0.3, 0.4) is 0 Å². The Bertz CT molecular complexity index is 774. The van der Waals surface area contributed by atoms with Crippen molar-refractivity contribution in [3.8, 4) is 11.5 Å². The average Bonchev–Trinajstić information content (AvgIpc) is 2.86. The predicted molar refractivity (Wildman–Crippen MR) is 92.4 cm³/mol. The van der Waals surface area contributed by atoms with Crippen LogP contribution in [0.1, 0.15) is 46.0 Å². The summed E-state index contributed by atoms with van der Waals surface area (Å²) >= 11 is 0. The Morgan fingerprint density at radius 3 is 2.38 bits per heavy atom. The lowest BCUT2D eigenvalue weighted by molar-refractivity contribution is 0.0917. The van der Waals surface area contributed by atoms with Crippen molar-refractivity contribution in [2.75, 3.05) is 13.7 Å². The highest BCUT2D eigenvalue weighted by atomic mass is 16.5. The van der Waals surface area contributed by atoms with E-state index in [2.05, 4.69) is 4.57 Å². The first-order chi connectivity index (χ1) is 11.4. The van der Waals surface area contributed by atoms with Crippen LogP contribution in [0, 0.1) is 13.8 Å². The zero-order valence-corrected chi connectivity index (χ0v) is 14.8. The third kappa shape index (κ3) is 3.50. The molecular weight excluding hydrogens is 306 g/mol. The molecule has 0 aliphatic heterocycles. The van der Waals surface area contributed by atoms with Gasteiger partial charge in [0.1, 0.15) is 0 Å². The molecule has 2 aromatic rings. The molecule has 0 fully saturated rings. The van der Waals surface area contributed by atoms with Gasteiger partial charge in [0.2, 0.25) is 5.78 Å². The molecule has 128 valence electrons. The normalized spacial score (nSPS) is 10.5. The maximum Gasteiger partial charge on any atom is 0.202 e. The van der Waals surface area contributed by atoms with Crippen molar-refractivity contribution in [1.29, 1.82) is 0 Å². The number of carbonyl (C=O) groups is 2. The Kier molecular flexibility index (Phi) is 5.44.